The average Bonchev–Trinajstić information content (AvgIpc) is 3.35. The monoisotopic (exact) mass is 360 g/mol. The van der Waals surface area contributed by atoms with Crippen LogP contribution in [0.1, 0.15) is 29.3 Å². The largest absolute Gasteiger partial charge is 0.328 e. The fourth-order valence-corrected chi connectivity index (χ4v) is 3.56. The number of carbonyl (C=O) groups is 1. The van der Waals surface area contributed by atoms with Crippen molar-refractivity contribution < 1.29 is 4.79 Å². The van der Waals surface area contributed by atoms with E-state index in [0.717, 1.165) is 17.2 Å². The minimum atomic E-state index is -0.129. The Morgan fingerprint density at radius 1 is 1.04 bits per heavy atom. The third-order valence-corrected chi connectivity index (χ3v) is 4.78. The quantitative estimate of drug-likeness (QED) is 0.539. The van der Waals surface area contributed by atoms with Crippen molar-refractivity contribution in [1.29, 1.82) is 0 Å². The molecule has 3 aromatic heterocycles. The van der Waals surface area contributed by atoms with Crippen LogP contribution < -0.4 is 0 Å². The zero-order valence-electron chi connectivity index (χ0n) is 14.6. The van der Waals surface area contributed by atoms with Gasteiger partial charge in [-0.3, -0.25) is 4.79 Å². The SMILES string of the molecule is C[C@H]1CN(C(=O)c2cccc3nnnn23)Cc2nnc(-c3ccccc3)n21. The van der Waals surface area contributed by atoms with E-state index in [1.165, 1.54) is 4.52 Å². The topological polar surface area (TPSA) is 94.1 Å². The minimum Gasteiger partial charge on any atom is -0.328 e. The van der Waals surface area contributed by atoms with Crippen molar-refractivity contribution >= 4 is 11.6 Å². The smallest absolute Gasteiger partial charge is 0.273 e. The molecule has 9 nitrogen and oxygen atoms in total. The molecule has 0 aliphatic carbocycles. The summed E-state index contributed by atoms with van der Waals surface area (Å²) in [4.78, 5) is 14.9. The number of nitrogens with zero attached hydrogens (tertiary/aromatic N) is 8. The highest BCUT2D eigenvalue weighted by atomic mass is 16.2. The number of pyridine rings is 1. The highest BCUT2D eigenvalue weighted by Gasteiger charge is 2.31. The van der Waals surface area contributed by atoms with Gasteiger partial charge in [-0.2, -0.15) is 4.52 Å². The summed E-state index contributed by atoms with van der Waals surface area (Å²) < 4.78 is 3.57. The molecule has 134 valence electrons. The molecule has 0 fully saturated rings. The van der Waals surface area contributed by atoms with E-state index in [9.17, 15) is 4.79 Å². The number of amides is 1. The van der Waals surface area contributed by atoms with E-state index in [1.807, 2.05) is 30.3 Å². The summed E-state index contributed by atoms with van der Waals surface area (Å²) in [6.07, 6.45) is 0. The van der Waals surface area contributed by atoms with Gasteiger partial charge in [-0.15, -0.1) is 15.3 Å². The normalized spacial score (nSPS) is 16.5. The third kappa shape index (κ3) is 2.47. The second kappa shape index (κ2) is 5.97. The van der Waals surface area contributed by atoms with Crippen LogP contribution in [-0.4, -0.2) is 52.2 Å². The van der Waals surface area contributed by atoms with Crippen molar-refractivity contribution in [1.82, 2.24) is 39.7 Å². The average molecular weight is 360 g/mol. The molecular weight excluding hydrogens is 344 g/mol. The maximum absolute atomic E-state index is 13.1. The standard InChI is InChI=1S/C18H16N8O/c1-12-10-24(18(27)14-8-5-9-15-20-22-23-26(14)15)11-16-19-21-17(25(12)16)13-6-3-2-4-7-13/h2-9,12H,10-11H2,1H3/t12-/m0/s1. The molecule has 0 saturated carbocycles. The first kappa shape index (κ1) is 15.6. The van der Waals surface area contributed by atoms with Crippen molar-refractivity contribution in [3.05, 3.63) is 60.0 Å². The lowest BCUT2D eigenvalue weighted by atomic mass is 10.1. The molecule has 9 heteroatoms. The van der Waals surface area contributed by atoms with Gasteiger partial charge < -0.3 is 9.47 Å². The predicted octanol–water partition coefficient (Wildman–Crippen LogP) is 1.60. The van der Waals surface area contributed by atoms with Crippen LogP contribution in [0.3, 0.4) is 0 Å². The molecule has 1 aliphatic heterocycles. The summed E-state index contributed by atoms with van der Waals surface area (Å²) in [5, 5.41) is 20.2. The van der Waals surface area contributed by atoms with Crippen molar-refractivity contribution in [2.75, 3.05) is 6.54 Å². The Balaban J connectivity index is 1.50. The molecule has 1 amide bonds. The van der Waals surface area contributed by atoms with Crippen LogP contribution >= 0.6 is 0 Å². The molecule has 0 spiro atoms. The Kier molecular flexibility index (Phi) is 3.46. The number of rotatable bonds is 2. The molecule has 27 heavy (non-hydrogen) atoms. The lowest BCUT2D eigenvalue weighted by Gasteiger charge is -2.32. The Bertz CT molecular complexity index is 1130. The van der Waals surface area contributed by atoms with Crippen LogP contribution in [0.15, 0.2) is 48.5 Å². The van der Waals surface area contributed by atoms with Crippen molar-refractivity contribution in [2.24, 2.45) is 0 Å². The van der Waals surface area contributed by atoms with Gasteiger partial charge >= 0.3 is 0 Å². The minimum absolute atomic E-state index is 0.0518. The maximum atomic E-state index is 13.1. The van der Waals surface area contributed by atoms with Gasteiger partial charge in [0.25, 0.3) is 5.91 Å². The summed E-state index contributed by atoms with van der Waals surface area (Å²) in [7, 11) is 0. The summed E-state index contributed by atoms with van der Waals surface area (Å²) in [6.45, 7) is 3.01. The number of carbonyl (C=O) groups excluding carboxylic acids is 1. The van der Waals surface area contributed by atoms with E-state index in [2.05, 4.69) is 37.2 Å². The molecule has 5 rings (SSSR count). The first-order valence-electron chi connectivity index (χ1n) is 8.68. The molecule has 4 aromatic rings. The van der Waals surface area contributed by atoms with Crippen molar-refractivity contribution in [3.8, 4) is 11.4 Å². The molecule has 0 saturated heterocycles. The molecule has 1 aliphatic rings. The van der Waals surface area contributed by atoms with Gasteiger partial charge in [-0.25, -0.2) is 0 Å². The zero-order valence-corrected chi connectivity index (χ0v) is 14.6. The second-order valence-electron chi connectivity index (χ2n) is 6.57. The molecule has 0 radical (unpaired) electrons. The predicted molar refractivity (Wildman–Crippen MR) is 95.7 cm³/mol. The van der Waals surface area contributed by atoms with Crippen LogP contribution in [-0.2, 0) is 6.54 Å². The van der Waals surface area contributed by atoms with E-state index in [4.69, 9.17) is 0 Å². The molecule has 4 heterocycles. The molecule has 0 N–H and O–H groups in total. The van der Waals surface area contributed by atoms with Gasteiger partial charge in [-0.05, 0) is 29.5 Å². The first-order chi connectivity index (χ1) is 13.2. The molecule has 1 atom stereocenters. The highest BCUT2D eigenvalue weighted by Crippen LogP contribution is 2.28. The van der Waals surface area contributed by atoms with Gasteiger partial charge in [0.2, 0.25) is 0 Å². The van der Waals surface area contributed by atoms with E-state index in [1.54, 1.807) is 23.1 Å². The summed E-state index contributed by atoms with van der Waals surface area (Å²) in [6, 6.07) is 15.3. The Morgan fingerprint density at radius 3 is 2.74 bits per heavy atom. The van der Waals surface area contributed by atoms with Gasteiger partial charge in [0.1, 0.15) is 5.69 Å². The van der Waals surface area contributed by atoms with E-state index in [-0.39, 0.29) is 11.9 Å². The van der Waals surface area contributed by atoms with Crippen LogP contribution in [0.25, 0.3) is 17.0 Å². The van der Waals surface area contributed by atoms with Crippen molar-refractivity contribution in [2.45, 2.75) is 19.5 Å². The second-order valence-corrected chi connectivity index (χ2v) is 6.57. The summed E-state index contributed by atoms with van der Waals surface area (Å²) in [5.74, 6) is 1.47. The number of hydrogen-bond acceptors (Lipinski definition) is 6. The van der Waals surface area contributed by atoms with Crippen LogP contribution in [0, 0.1) is 0 Å². The molecule has 0 bridgehead atoms. The fraction of sp³-hybridized carbons (Fsp3) is 0.222. The zero-order chi connectivity index (χ0) is 18.4. The fourth-order valence-electron chi connectivity index (χ4n) is 3.56. The number of hydrogen-bond donors (Lipinski definition) is 0. The van der Waals surface area contributed by atoms with Crippen LogP contribution in [0.5, 0.6) is 0 Å². The van der Waals surface area contributed by atoms with E-state index in [0.29, 0.717) is 24.4 Å². The Morgan fingerprint density at radius 2 is 1.89 bits per heavy atom. The van der Waals surface area contributed by atoms with Crippen LogP contribution in [0.2, 0.25) is 0 Å². The maximum Gasteiger partial charge on any atom is 0.273 e. The molecule has 1 aromatic carbocycles. The Hall–Kier alpha value is -3.62. The molecular formula is C18H16N8O. The van der Waals surface area contributed by atoms with Crippen molar-refractivity contribution in [3.63, 3.8) is 0 Å². The van der Waals surface area contributed by atoms with Gasteiger partial charge in [0, 0.05) is 12.1 Å². The Labute approximate surface area is 154 Å². The first-order valence-corrected chi connectivity index (χ1v) is 8.68. The lowest BCUT2D eigenvalue weighted by Crippen LogP contribution is -2.41. The third-order valence-electron chi connectivity index (χ3n) is 4.78. The van der Waals surface area contributed by atoms with Crippen LogP contribution in [0.4, 0.5) is 0 Å². The van der Waals surface area contributed by atoms with Gasteiger partial charge in [0.05, 0.1) is 12.6 Å². The highest BCUT2D eigenvalue weighted by molar-refractivity contribution is 5.93. The summed E-state index contributed by atoms with van der Waals surface area (Å²) in [5.41, 5.74) is 1.99. The number of fused-ring (bicyclic) bond motifs is 2. The van der Waals surface area contributed by atoms with E-state index >= 15 is 0 Å². The number of benzene rings is 1. The van der Waals surface area contributed by atoms with E-state index < -0.39 is 0 Å². The molecule has 0 unspecified atom stereocenters. The lowest BCUT2D eigenvalue weighted by molar-refractivity contribution is 0.0673. The van der Waals surface area contributed by atoms with Gasteiger partial charge in [-0.1, -0.05) is 36.4 Å². The van der Waals surface area contributed by atoms with Gasteiger partial charge in [0.15, 0.2) is 17.3 Å². The summed E-state index contributed by atoms with van der Waals surface area (Å²) >= 11 is 0. The number of aromatic nitrogens is 7. The number of tetrazole rings is 1.